The standard InChI is InChI=1S/C11H18N4/c1-3-9-13-10(12-2)8-11(14-9)15-6-4-5-7-15/h8H,3-7H2,1-2H3,(H,12,13,14). The molecular formula is C11H18N4. The minimum Gasteiger partial charge on any atom is -0.373 e. The van der Waals surface area contributed by atoms with Crippen LogP contribution in [0.25, 0.3) is 0 Å². The van der Waals surface area contributed by atoms with Gasteiger partial charge in [0.25, 0.3) is 0 Å². The number of nitrogens with one attached hydrogen (secondary N) is 1. The van der Waals surface area contributed by atoms with Crippen molar-refractivity contribution >= 4 is 11.6 Å². The first-order valence-corrected chi connectivity index (χ1v) is 5.64. The summed E-state index contributed by atoms with van der Waals surface area (Å²) in [5.41, 5.74) is 0. The van der Waals surface area contributed by atoms with Crippen molar-refractivity contribution in [2.24, 2.45) is 0 Å². The Kier molecular flexibility index (Phi) is 3.04. The fourth-order valence-corrected chi connectivity index (χ4v) is 1.88. The molecule has 4 heteroatoms. The molecule has 0 saturated carbocycles. The van der Waals surface area contributed by atoms with Gasteiger partial charge in [-0.3, -0.25) is 0 Å². The molecule has 0 aromatic carbocycles. The molecule has 1 aliphatic heterocycles. The van der Waals surface area contributed by atoms with E-state index in [1.54, 1.807) is 0 Å². The van der Waals surface area contributed by atoms with Gasteiger partial charge in [-0.15, -0.1) is 0 Å². The van der Waals surface area contributed by atoms with Crippen LogP contribution in [0.15, 0.2) is 6.07 Å². The third-order valence-corrected chi connectivity index (χ3v) is 2.76. The Labute approximate surface area is 90.7 Å². The lowest BCUT2D eigenvalue weighted by Gasteiger charge is -2.17. The van der Waals surface area contributed by atoms with Crippen LogP contribution in [0.2, 0.25) is 0 Å². The molecule has 0 aliphatic carbocycles. The molecule has 1 aromatic rings. The molecule has 0 amide bonds. The van der Waals surface area contributed by atoms with Gasteiger partial charge in [-0.1, -0.05) is 6.92 Å². The zero-order valence-corrected chi connectivity index (χ0v) is 9.45. The first-order valence-electron chi connectivity index (χ1n) is 5.64. The normalized spacial score (nSPS) is 15.7. The van der Waals surface area contributed by atoms with Gasteiger partial charge in [0.1, 0.15) is 17.5 Å². The van der Waals surface area contributed by atoms with E-state index in [1.165, 1.54) is 12.8 Å². The number of anilines is 2. The van der Waals surface area contributed by atoms with Crippen molar-refractivity contribution in [3.05, 3.63) is 11.9 Å². The first-order chi connectivity index (χ1) is 7.33. The summed E-state index contributed by atoms with van der Waals surface area (Å²) in [5.74, 6) is 2.91. The Morgan fingerprint density at radius 2 is 2.07 bits per heavy atom. The molecule has 4 nitrogen and oxygen atoms in total. The van der Waals surface area contributed by atoms with Gasteiger partial charge in [-0.25, -0.2) is 9.97 Å². The van der Waals surface area contributed by atoms with Crippen LogP contribution < -0.4 is 10.2 Å². The monoisotopic (exact) mass is 206 g/mol. The van der Waals surface area contributed by atoms with Gasteiger partial charge in [0.15, 0.2) is 0 Å². The Morgan fingerprint density at radius 3 is 2.67 bits per heavy atom. The molecule has 1 fully saturated rings. The van der Waals surface area contributed by atoms with Crippen LogP contribution in [-0.4, -0.2) is 30.1 Å². The summed E-state index contributed by atoms with van der Waals surface area (Å²) in [5, 5.41) is 3.09. The molecule has 0 spiro atoms. The molecule has 2 rings (SSSR count). The van der Waals surface area contributed by atoms with Gasteiger partial charge >= 0.3 is 0 Å². The zero-order valence-electron chi connectivity index (χ0n) is 9.45. The van der Waals surface area contributed by atoms with E-state index in [9.17, 15) is 0 Å². The van der Waals surface area contributed by atoms with E-state index in [4.69, 9.17) is 0 Å². The van der Waals surface area contributed by atoms with E-state index in [1.807, 2.05) is 13.1 Å². The Balaban J connectivity index is 2.28. The van der Waals surface area contributed by atoms with Crippen molar-refractivity contribution in [1.82, 2.24) is 9.97 Å². The van der Waals surface area contributed by atoms with Crippen LogP contribution >= 0.6 is 0 Å². The van der Waals surface area contributed by atoms with Gasteiger partial charge < -0.3 is 10.2 Å². The Hall–Kier alpha value is -1.32. The maximum atomic E-state index is 4.56. The second kappa shape index (κ2) is 4.47. The second-order valence-electron chi connectivity index (χ2n) is 3.83. The third kappa shape index (κ3) is 2.19. The molecule has 0 unspecified atom stereocenters. The Bertz CT molecular complexity index is 309. The van der Waals surface area contributed by atoms with E-state index >= 15 is 0 Å². The smallest absolute Gasteiger partial charge is 0.134 e. The van der Waals surface area contributed by atoms with Gasteiger partial charge in [-0.2, -0.15) is 0 Å². The molecule has 1 aliphatic rings. The lowest BCUT2D eigenvalue weighted by atomic mass is 10.4. The number of rotatable bonds is 3. The SMILES string of the molecule is CCc1nc(NC)cc(N2CCCC2)n1. The molecule has 0 atom stereocenters. The van der Waals surface area contributed by atoms with Crippen LogP contribution in [0.5, 0.6) is 0 Å². The number of nitrogens with zero attached hydrogens (tertiary/aromatic N) is 3. The maximum Gasteiger partial charge on any atom is 0.134 e. The predicted molar refractivity (Wildman–Crippen MR) is 62.4 cm³/mol. The molecule has 0 radical (unpaired) electrons. The molecule has 82 valence electrons. The average Bonchev–Trinajstić information content (AvgIpc) is 2.81. The summed E-state index contributed by atoms with van der Waals surface area (Å²) in [7, 11) is 1.90. The van der Waals surface area contributed by atoms with Gasteiger partial charge in [0.05, 0.1) is 0 Å². The number of hydrogen-bond donors (Lipinski definition) is 1. The highest BCUT2D eigenvalue weighted by Crippen LogP contribution is 2.20. The van der Waals surface area contributed by atoms with Crippen molar-refractivity contribution in [3.63, 3.8) is 0 Å². The quantitative estimate of drug-likeness (QED) is 0.817. The number of aromatic nitrogens is 2. The fraction of sp³-hybridized carbons (Fsp3) is 0.636. The molecular weight excluding hydrogens is 188 g/mol. The lowest BCUT2D eigenvalue weighted by Crippen LogP contribution is -2.20. The third-order valence-electron chi connectivity index (χ3n) is 2.76. The summed E-state index contributed by atoms with van der Waals surface area (Å²) < 4.78 is 0. The summed E-state index contributed by atoms with van der Waals surface area (Å²) in [6.45, 7) is 4.34. The highest BCUT2D eigenvalue weighted by Gasteiger charge is 2.14. The van der Waals surface area contributed by atoms with E-state index in [0.717, 1.165) is 37.0 Å². The lowest BCUT2D eigenvalue weighted by molar-refractivity contribution is 0.880. The molecule has 1 saturated heterocycles. The summed E-state index contributed by atoms with van der Waals surface area (Å²) in [4.78, 5) is 11.3. The van der Waals surface area contributed by atoms with Crippen molar-refractivity contribution in [3.8, 4) is 0 Å². The molecule has 2 heterocycles. The second-order valence-corrected chi connectivity index (χ2v) is 3.83. The highest BCUT2D eigenvalue weighted by molar-refractivity contribution is 5.49. The van der Waals surface area contributed by atoms with E-state index in [-0.39, 0.29) is 0 Å². The molecule has 1 N–H and O–H groups in total. The van der Waals surface area contributed by atoms with Crippen molar-refractivity contribution in [2.45, 2.75) is 26.2 Å². The van der Waals surface area contributed by atoms with Crippen molar-refractivity contribution < 1.29 is 0 Å². The Morgan fingerprint density at radius 1 is 1.33 bits per heavy atom. The van der Waals surface area contributed by atoms with Crippen LogP contribution in [0.1, 0.15) is 25.6 Å². The van der Waals surface area contributed by atoms with Crippen LogP contribution in [0.3, 0.4) is 0 Å². The van der Waals surface area contributed by atoms with Crippen LogP contribution in [0, 0.1) is 0 Å². The average molecular weight is 206 g/mol. The topological polar surface area (TPSA) is 41.1 Å². The highest BCUT2D eigenvalue weighted by atomic mass is 15.2. The van der Waals surface area contributed by atoms with E-state index < -0.39 is 0 Å². The molecule has 0 bridgehead atoms. The summed E-state index contributed by atoms with van der Waals surface area (Å²) in [6.07, 6.45) is 3.44. The fourth-order valence-electron chi connectivity index (χ4n) is 1.88. The largest absolute Gasteiger partial charge is 0.373 e. The number of aryl methyl sites for hydroxylation is 1. The maximum absolute atomic E-state index is 4.56. The number of hydrogen-bond acceptors (Lipinski definition) is 4. The molecule has 15 heavy (non-hydrogen) atoms. The van der Waals surface area contributed by atoms with Crippen molar-refractivity contribution in [2.75, 3.05) is 30.4 Å². The summed E-state index contributed by atoms with van der Waals surface area (Å²) in [6, 6.07) is 2.03. The summed E-state index contributed by atoms with van der Waals surface area (Å²) >= 11 is 0. The van der Waals surface area contributed by atoms with E-state index in [0.29, 0.717) is 0 Å². The molecule has 1 aromatic heterocycles. The van der Waals surface area contributed by atoms with Crippen molar-refractivity contribution in [1.29, 1.82) is 0 Å². The first kappa shape index (κ1) is 10.2. The zero-order chi connectivity index (χ0) is 10.7. The van der Waals surface area contributed by atoms with Crippen LogP contribution in [-0.2, 0) is 6.42 Å². The van der Waals surface area contributed by atoms with Gasteiger partial charge in [-0.05, 0) is 12.8 Å². The van der Waals surface area contributed by atoms with E-state index in [2.05, 4.69) is 27.1 Å². The van der Waals surface area contributed by atoms with Gasteiger partial charge in [0.2, 0.25) is 0 Å². The minimum atomic E-state index is 0.885. The van der Waals surface area contributed by atoms with Gasteiger partial charge in [0, 0.05) is 32.6 Å². The van der Waals surface area contributed by atoms with Crippen LogP contribution in [0.4, 0.5) is 11.6 Å². The minimum absolute atomic E-state index is 0.885. The predicted octanol–water partition coefficient (Wildman–Crippen LogP) is 1.68.